The summed E-state index contributed by atoms with van der Waals surface area (Å²) in [7, 11) is 0. The van der Waals surface area contributed by atoms with Gasteiger partial charge in [-0.15, -0.1) is 0 Å². The van der Waals surface area contributed by atoms with Crippen LogP contribution in [0.25, 0.3) is 6.08 Å². The average Bonchev–Trinajstić information content (AvgIpc) is 3.00. The lowest BCUT2D eigenvalue weighted by atomic mass is 10.1. The molecule has 8 nitrogen and oxygen atoms in total. The van der Waals surface area contributed by atoms with Crippen LogP contribution in [0.1, 0.15) is 23.6 Å². The van der Waals surface area contributed by atoms with Gasteiger partial charge in [0.1, 0.15) is 24.5 Å². The van der Waals surface area contributed by atoms with E-state index in [0.29, 0.717) is 45.5 Å². The first-order chi connectivity index (χ1) is 20.8. The molecule has 0 atom stereocenters. The fraction of sp³-hybridized carbons (Fsp3) is 0.121. The van der Waals surface area contributed by atoms with E-state index in [1.54, 1.807) is 42.5 Å². The summed E-state index contributed by atoms with van der Waals surface area (Å²) in [6.45, 7) is 2.75. The third-order valence-corrected chi connectivity index (χ3v) is 7.38. The van der Waals surface area contributed by atoms with Gasteiger partial charge in [-0.3, -0.25) is 14.9 Å². The van der Waals surface area contributed by atoms with Gasteiger partial charge in [0.2, 0.25) is 0 Å². The van der Waals surface area contributed by atoms with Crippen LogP contribution in [-0.4, -0.2) is 24.5 Å². The van der Waals surface area contributed by atoms with Gasteiger partial charge < -0.3 is 14.2 Å². The Bertz CT molecular complexity index is 1690. The first-order valence-electron chi connectivity index (χ1n) is 13.3. The summed E-state index contributed by atoms with van der Waals surface area (Å²) in [5, 5.41) is 2.82. The van der Waals surface area contributed by atoms with E-state index >= 15 is 0 Å². The van der Waals surface area contributed by atoms with Gasteiger partial charge in [0.15, 0.2) is 11.5 Å². The number of anilines is 1. The van der Waals surface area contributed by atoms with Crippen LogP contribution in [0.3, 0.4) is 0 Å². The minimum atomic E-state index is -0.843. The molecule has 0 saturated carbocycles. The first kappa shape index (κ1) is 29.9. The van der Waals surface area contributed by atoms with Crippen molar-refractivity contribution < 1.29 is 28.6 Å². The molecule has 0 aliphatic carbocycles. The number of rotatable bonds is 10. The minimum Gasteiger partial charge on any atom is -0.490 e. The Kier molecular flexibility index (Phi) is 9.44. The summed E-state index contributed by atoms with van der Waals surface area (Å²) >= 11 is 9.79. The van der Waals surface area contributed by atoms with Crippen molar-refractivity contribution in [2.75, 3.05) is 11.5 Å². The number of carbonyl (C=O) groups is 3. The van der Waals surface area contributed by atoms with Crippen molar-refractivity contribution in [3.8, 4) is 17.2 Å². The second-order valence-corrected chi connectivity index (χ2v) is 10.6. The van der Waals surface area contributed by atoms with E-state index in [-0.39, 0.29) is 17.9 Å². The van der Waals surface area contributed by atoms with Gasteiger partial charge in [-0.25, -0.2) is 9.69 Å². The van der Waals surface area contributed by atoms with Crippen molar-refractivity contribution >= 4 is 57.1 Å². The number of hydrogen-bond acceptors (Lipinski definition) is 6. The standard InChI is InChI=1S/C33H26BrClN2O6/c1-2-41-29-18-22(17-27(34)30(29)43-20-23-10-6-7-11-28(23)35)16-26-31(38)36-33(40)37(32(26)39)24-12-14-25(15-13-24)42-19-21-8-4-3-5-9-21/h3-18H,2,19-20H2,1H3,(H,36,38,40)/b26-16+. The van der Waals surface area contributed by atoms with Gasteiger partial charge in [0.05, 0.1) is 16.8 Å². The molecule has 5 rings (SSSR count). The van der Waals surface area contributed by atoms with Gasteiger partial charge in [-0.05, 0) is 82.5 Å². The number of hydrogen-bond donors (Lipinski definition) is 1. The molecule has 0 radical (unpaired) electrons. The molecule has 43 heavy (non-hydrogen) atoms. The van der Waals surface area contributed by atoms with Crippen molar-refractivity contribution in [1.82, 2.24) is 5.32 Å². The Morgan fingerprint density at radius 1 is 0.860 bits per heavy atom. The number of barbiturate groups is 1. The highest BCUT2D eigenvalue weighted by atomic mass is 79.9. The lowest BCUT2D eigenvalue weighted by Gasteiger charge is -2.26. The topological polar surface area (TPSA) is 94.2 Å². The van der Waals surface area contributed by atoms with Crippen LogP contribution in [0, 0.1) is 0 Å². The van der Waals surface area contributed by atoms with Crippen molar-refractivity contribution in [1.29, 1.82) is 0 Å². The van der Waals surface area contributed by atoms with Gasteiger partial charge in [0, 0.05) is 10.6 Å². The number of halogens is 2. The number of nitrogens with zero attached hydrogens (tertiary/aromatic N) is 1. The third-order valence-electron chi connectivity index (χ3n) is 6.42. The second-order valence-electron chi connectivity index (χ2n) is 9.37. The minimum absolute atomic E-state index is 0.201. The molecule has 10 heteroatoms. The summed E-state index contributed by atoms with van der Waals surface area (Å²) in [4.78, 5) is 39.9. The van der Waals surface area contributed by atoms with E-state index in [9.17, 15) is 14.4 Å². The maximum absolute atomic E-state index is 13.5. The number of benzene rings is 4. The average molecular weight is 662 g/mol. The molecule has 1 aliphatic rings. The summed E-state index contributed by atoms with van der Waals surface area (Å²) in [5.74, 6) is -0.162. The molecule has 218 valence electrons. The van der Waals surface area contributed by atoms with E-state index in [1.807, 2.05) is 55.5 Å². The fourth-order valence-electron chi connectivity index (χ4n) is 4.33. The molecule has 4 aromatic rings. The zero-order chi connectivity index (χ0) is 30.3. The Hall–Kier alpha value is -4.60. The van der Waals surface area contributed by atoms with Gasteiger partial charge >= 0.3 is 6.03 Å². The fourth-order valence-corrected chi connectivity index (χ4v) is 5.10. The Labute approximate surface area is 261 Å². The number of carbonyl (C=O) groups excluding carboxylic acids is 3. The maximum atomic E-state index is 13.5. The largest absolute Gasteiger partial charge is 0.490 e. The Morgan fingerprint density at radius 3 is 2.30 bits per heavy atom. The van der Waals surface area contributed by atoms with Crippen molar-refractivity contribution in [2.45, 2.75) is 20.1 Å². The maximum Gasteiger partial charge on any atom is 0.335 e. The smallest absolute Gasteiger partial charge is 0.335 e. The van der Waals surface area contributed by atoms with Crippen LogP contribution in [0.2, 0.25) is 5.02 Å². The highest BCUT2D eigenvalue weighted by molar-refractivity contribution is 9.10. The van der Waals surface area contributed by atoms with Crippen LogP contribution in [0.5, 0.6) is 17.2 Å². The molecular formula is C33H26BrClN2O6. The van der Waals surface area contributed by atoms with E-state index in [1.165, 1.54) is 6.08 Å². The lowest BCUT2D eigenvalue weighted by molar-refractivity contribution is -0.122. The van der Waals surface area contributed by atoms with E-state index < -0.39 is 17.8 Å². The van der Waals surface area contributed by atoms with Crippen LogP contribution in [-0.2, 0) is 22.8 Å². The van der Waals surface area contributed by atoms with E-state index in [0.717, 1.165) is 16.0 Å². The molecule has 0 aromatic heterocycles. The number of ether oxygens (including phenoxy) is 3. The molecular weight excluding hydrogens is 636 g/mol. The molecule has 1 N–H and O–H groups in total. The van der Waals surface area contributed by atoms with Crippen LogP contribution >= 0.6 is 27.5 Å². The zero-order valence-corrected chi connectivity index (χ0v) is 25.4. The van der Waals surface area contributed by atoms with Crippen LogP contribution in [0.15, 0.2) is 101 Å². The zero-order valence-electron chi connectivity index (χ0n) is 23.0. The normalized spacial score (nSPS) is 14.1. The number of nitrogens with one attached hydrogen (secondary N) is 1. The predicted octanol–water partition coefficient (Wildman–Crippen LogP) is 7.33. The van der Waals surface area contributed by atoms with Crippen LogP contribution < -0.4 is 24.4 Å². The molecule has 4 amide bonds. The van der Waals surface area contributed by atoms with Crippen molar-refractivity contribution in [3.63, 3.8) is 0 Å². The van der Waals surface area contributed by atoms with Crippen molar-refractivity contribution in [2.24, 2.45) is 0 Å². The molecule has 0 bridgehead atoms. The van der Waals surface area contributed by atoms with E-state index in [4.69, 9.17) is 25.8 Å². The van der Waals surface area contributed by atoms with Gasteiger partial charge in [-0.1, -0.05) is 60.1 Å². The SMILES string of the molecule is CCOc1cc(/C=C2\C(=O)NC(=O)N(c3ccc(OCc4ccccc4)cc3)C2=O)cc(Br)c1OCc1ccccc1Cl. The summed E-state index contributed by atoms with van der Waals surface area (Å²) in [6.07, 6.45) is 1.40. The summed E-state index contributed by atoms with van der Waals surface area (Å²) < 4.78 is 18.2. The molecule has 0 spiro atoms. The van der Waals surface area contributed by atoms with Gasteiger partial charge in [-0.2, -0.15) is 0 Å². The number of imide groups is 2. The number of urea groups is 1. The summed E-state index contributed by atoms with van der Waals surface area (Å²) in [5.41, 5.74) is 2.35. The molecule has 1 heterocycles. The summed E-state index contributed by atoms with van der Waals surface area (Å²) in [6, 6.07) is 26.0. The molecule has 1 aliphatic heterocycles. The quantitative estimate of drug-likeness (QED) is 0.141. The first-order valence-corrected chi connectivity index (χ1v) is 14.5. The monoisotopic (exact) mass is 660 g/mol. The highest BCUT2D eigenvalue weighted by Crippen LogP contribution is 2.38. The third kappa shape index (κ3) is 7.07. The Morgan fingerprint density at radius 2 is 1.58 bits per heavy atom. The van der Waals surface area contributed by atoms with Crippen LogP contribution in [0.4, 0.5) is 10.5 Å². The molecule has 1 fully saturated rings. The highest BCUT2D eigenvalue weighted by Gasteiger charge is 2.37. The molecule has 1 saturated heterocycles. The van der Waals surface area contributed by atoms with E-state index in [2.05, 4.69) is 21.2 Å². The van der Waals surface area contributed by atoms with Crippen molar-refractivity contribution in [3.05, 3.63) is 123 Å². The molecule has 4 aromatic carbocycles. The number of amides is 4. The predicted molar refractivity (Wildman–Crippen MR) is 167 cm³/mol. The second kappa shape index (κ2) is 13.6. The van der Waals surface area contributed by atoms with Gasteiger partial charge in [0.25, 0.3) is 11.8 Å². The molecule has 0 unspecified atom stereocenters. The lowest BCUT2D eigenvalue weighted by Crippen LogP contribution is -2.54. The Balaban J connectivity index is 1.37.